The summed E-state index contributed by atoms with van der Waals surface area (Å²) in [7, 11) is 0. The minimum Gasteiger partial charge on any atom is -0.391 e. The highest BCUT2D eigenvalue weighted by Crippen LogP contribution is 2.32. The van der Waals surface area contributed by atoms with Gasteiger partial charge in [0.2, 0.25) is 0 Å². The SMILES string of the molecule is Cc1cnn([C@H]2[C@H](O)C[C@@H]2NCc2cn(C(C)(C)C)nn2)c1. The van der Waals surface area contributed by atoms with Gasteiger partial charge in [-0.15, -0.1) is 5.10 Å². The molecule has 0 radical (unpaired) electrons. The van der Waals surface area contributed by atoms with Crippen molar-refractivity contribution in [3.8, 4) is 0 Å². The molecule has 2 aromatic rings. The van der Waals surface area contributed by atoms with E-state index in [1.807, 2.05) is 34.9 Å². The number of hydrogen-bond donors (Lipinski definition) is 2. The van der Waals surface area contributed by atoms with Crippen molar-refractivity contribution in [1.82, 2.24) is 30.1 Å². The largest absolute Gasteiger partial charge is 0.391 e. The first-order valence-electron chi connectivity index (χ1n) is 7.68. The molecule has 2 N–H and O–H groups in total. The van der Waals surface area contributed by atoms with Crippen LogP contribution in [0.1, 0.15) is 44.5 Å². The lowest BCUT2D eigenvalue weighted by Gasteiger charge is -2.42. The Balaban J connectivity index is 1.61. The van der Waals surface area contributed by atoms with Gasteiger partial charge in [0.1, 0.15) is 0 Å². The Morgan fingerprint density at radius 3 is 2.68 bits per heavy atom. The predicted octanol–water partition coefficient (Wildman–Crippen LogP) is 1.00. The van der Waals surface area contributed by atoms with Gasteiger partial charge in [-0.25, -0.2) is 4.68 Å². The van der Waals surface area contributed by atoms with Gasteiger partial charge in [-0.05, 0) is 39.7 Å². The molecule has 22 heavy (non-hydrogen) atoms. The molecule has 1 aliphatic carbocycles. The number of aliphatic hydroxyl groups is 1. The fraction of sp³-hybridized carbons (Fsp3) is 0.667. The molecule has 0 spiro atoms. The molecule has 0 aromatic carbocycles. The zero-order valence-corrected chi connectivity index (χ0v) is 13.6. The van der Waals surface area contributed by atoms with Crippen molar-refractivity contribution in [1.29, 1.82) is 0 Å². The molecule has 3 rings (SSSR count). The first-order valence-corrected chi connectivity index (χ1v) is 7.68. The summed E-state index contributed by atoms with van der Waals surface area (Å²) >= 11 is 0. The summed E-state index contributed by atoms with van der Waals surface area (Å²) in [4.78, 5) is 0. The highest BCUT2D eigenvalue weighted by molar-refractivity contribution is 5.06. The Labute approximate surface area is 130 Å². The molecule has 1 aliphatic rings. The Morgan fingerprint density at radius 1 is 1.36 bits per heavy atom. The van der Waals surface area contributed by atoms with E-state index in [4.69, 9.17) is 0 Å². The van der Waals surface area contributed by atoms with Crippen molar-refractivity contribution in [3.05, 3.63) is 29.8 Å². The molecule has 7 nitrogen and oxygen atoms in total. The second-order valence-electron chi connectivity index (χ2n) is 7.10. The highest BCUT2D eigenvalue weighted by atomic mass is 16.3. The maximum atomic E-state index is 10.0. The first kappa shape index (κ1) is 15.2. The van der Waals surface area contributed by atoms with Crippen LogP contribution in [0.3, 0.4) is 0 Å². The fourth-order valence-electron chi connectivity index (χ4n) is 2.72. The van der Waals surface area contributed by atoms with Crippen LogP contribution in [0.15, 0.2) is 18.6 Å². The minimum absolute atomic E-state index is 0.00800. The van der Waals surface area contributed by atoms with Gasteiger partial charge in [0, 0.05) is 18.8 Å². The summed E-state index contributed by atoms with van der Waals surface area (Å²) in [6.07, 6.45) is 6.14. The molecular formula is C15H24N6O. The van der Waals surface area contributed by atoms with Crippen LogP contribution in [0.2, 0.25) is 0 Å². The van der Waals surface area contributed by atoms with E-state index in [1.54, 1.807) is 0 Å². The van der Waals surface area contributed by atoms with Gasteiger partial charge in [-0.2, -0.15) is 5.10 Å². The minimum atomic E-state index is -0.345. The smallest absolute Gasteiger partial charge is 0.0965 e. The zero-order valence-electron chi connectivity index (χ0n) is 13.6. The van der Waals surface area contributed by atoms with E-state index >= 15 is 0 Å². The van der Waals surface area contributed by atoms with E-state index in [-0.39, 0.29) is 23.7 Å². The summed E-state index contributed by atoms with van der Waals surface area (Å²) < 4.78 is 3.72. The Bertz CT molecular complexity index is 640. The third-order valence-electron chi connectivity index (χ3n) is 4.11. The Morgan fingerprint density at radius 2 is 2.14 bits per heavy atom. The lowest BCUT2D eigenvalue weighted by Crippen LogP contribution is -2.54. The standard InChI is InChI=1S/C15H24N6O/c1-10-6-17-20(8-10)14-12(5-13(14)22)16-7-11-9-21(19-18-11)15(2,3)4/h6,8-9,12-14,16,22H,5,7H2,1-4H3/t12-,13+,14+/m0/s1. The molecule has 0 amide bonds. The summed E-state index contributed by atoms with van der Waals surface area (Å²) in [5.41, 5.74) is 1.95. The van der Waals surface area contributed by atoms with Crippen molar-refractivity contribution in [3.63, 3.8) is 0 Å². The van der Waals surface area contributed by atoms with E-state index in [0.717, 1.165) is 17.7 Å². The number of aromatic nitrogens is 5. The molecule has 3 atom stereocenters. The van der Waals surface area contributed by atoms with Gasteiger partial charge >= 0.3 is 0 Å². The molecule has 7 heteroatoms. The van der Waals surface area contributed by atoms with Crippen molar-refractivity contribution in [2.75, 3.05) is 0 Å². The van der Waals surface area contributed by atoms with E-state index in [9.17, 15) is 5.11 Å². The number of aryl methyl sites for hydroxylation is 1. The van der Waals surface area contributed by atoms with Gasteiger partial charge in [-0.1, -0.05) is 5.21 Å². The van der Waals surface area contributed by atoms with Crippen molar-refractivity contribution in [2.45, 2.75) is 64.4 Å². The molecule has 0 aliphatic heterocycles. The lowest BCUT2D eigenvalue weighted by molar-refractivity contribution is -0.00834. The number of rotatable bonds is 4. The monoisotopic (exact) mass is 304 g/mol. The number of nitrogens with one attached hydrogen (secondary N) is 1. The fourth-order valence-corrected chi connectivity index (χ4v) is 2.72. The number of nitrogens with zero attached hydrogens (tertiary/aromatic N) is 5. The van der Waals surface area contributed by atoms with Crippen LogP contribution in [0.5, 0.6) is 0 Å². The predicted molar refractivity (Wildman–Crippen MR) is 82.3 cm³/mol. The first-order chi connectivity index (χ1) is 10.3. The normalized spacial score (nSPS) is 25.2. The van der Waals surface area contributed by atoms with Gasteiger partial charge < -0.3 is 10.4 Å². The summed E-state index contributed by atoms with van der Waals surface area (Å²) in [5.74, 6) is 0. The van der Waals surface area contributed by atoms with Crippen LogP contribution in [-0.4, -0.2) is 42.0 Å². The molecular weight excluding hydrogens is 280 g/mol. The third kappa shape index (κ3) is 2.91. The molecule has 120 valence electrons. The average Bonchev–Trinajstić information content (AvgIpc) is 3.03. The molecule has 1 fully saturated rings. The van der Waals surface area contributed by atoms with Crippen LogP contribution in [-0.2, 0) is 12.1 Å². The van der Waals surface area contributed by atoms with Crippen molar-refractivity contribution >= 4 is 0 Å². The van der Waals surface area contributed by atoms with Crippen molar-refractivity contribution < 1.29 is 5.11 Å². The summed E-state index contributed by atoms with van der Waals surface area (Å²) in [6.45, 7) is 8.93. The molecule has 0 bridgehead atoms. The number of aliphatic hydroxyl groups excluding tert-OH is 1. The van der Waals surface area contributed by atoms with Crippen LogP contribution in [0.4, 0.5) is 0 Å². The Hall–Kier alpha value is -1.73. The van der Waals surface area contributed by atoms with Crippen LogP contribution < -0.4 is 5.32 Å². The third-order valence-corrected chi connectivity index (χ3v) is 4.11. The van der Waals surface area contributed by atoms with Crippen LogP contribution in [0.25, 0.3) is 0 Å². The maximum Gasteiger partial charge on any atom is 0.0965 e. The molecule has 2 aromatic heterocycles. The van der Waals surface area contributed by atoms with E-state index in [0.29, 0.717) is 6.54 Å². The van der Waals surface area contributed by atoms with Gasteiger partial charge in [0.25, 0.3) is 0 Å². The highest BCUT2D eigenvalue weighted by Gasteiger charge is 2.41. The quantitative estimate of drug-likeness (QED) is 0.881. The van der Waals surface area contributed by atoms with Crippen LogP contribution >= 0.6 is 0 Å². The van der Waals surface area contributed by atoms with Gasteiger partial charge in [0.15, 0.2) is 0 Å². The molecule has 0 saturated heterocycles. The topological polar surface area (TPSA) is 80.8 Å². The molecule has 1 saturated carbocycles. The summed E-state index contributed by atoms with van der Waals surface area (Å²) in [5, 5.41) is 26.1. The van der Waals surface area contributed by atoms with E-state index in [1.165, 1.54) is 0 Å². The average molecular weight is 304 g/mol. The van der Waals surface area contributed by atoms with Gasteiger partial charge in [-0.3, -0.25) is 4.68 Å². The van der Waals surface area contributed by atoms with E-state index in [2.05, 4.69) is 41.5 Å². The number of hydrogen-bond acceptors (Lipinski definition) is 5. The van der Waals surface area contributed by atoms with Gasteiger partial charge in [0.05, 0.1) is 35.8 Å². The second-order valence-corrected chi connectivity index (χ2v) is 7.10. The van der Waals surface area contributed by atoms with E-state index < -0.39 is 0 Å². The zero-order chi connectivity index (χ0) is 15.9. The molecule has 0 unspecified atom stereocenters. The van der Waals surface area contributed by atoms with Crippen molar-refractivity contribution in [2.24, 2.45) is 0 Å². The van der Waals surface area contributed by atoms with Crippen LogP contribution in [0, 0.1) is 6.92 Å². The summed E-state index contributed by atoms with van der Waals surface area (Å²) in [6, 6.07) is 0.195. The molecule has 2 heterocycles. The Kier molecular flexibility index (Phi) is 3.78. The lowest BCUT2D eigenvalue weighted by atomic mass is 9.83. The second kappa shape index (κ2) is 5.48. The maximum absolute atomic E-state index is 10.0.